The van der Waals surface area contributed by atoms with Crippen molar-refractivity contribution in [1.29, 1.82) is 0 Å². The minimum Gasteiger partial charge on any atom is -0.384 e. The number of pyridine rings is 1. The highest BCUT2D eigenvalue weighted by Crippen LogP contribution is 2.27. The molecule has 2 aromatic rings. The number of imidazole rings is 1. The Kier molecular flexibility index (Phi) is 2.76. The summed E-state index contributed by atoms with van der Waals surface area (Å²) in [6.07, 6.45) is 6.80. The molecule has 1 atom stereocenters. The topological polar surface area (TPSA) is 60.0 Å². The van der Waals surface area contributed by atoms with Gasteiger partial charge < -0.3 is 15.2 Å². The van der Waals surface area contributed by atoms with E-state index >= 15 is 0 Å². The SMILES string of the molecule is CN1CCC(n2ccnc2-c2ccnc(N)c2)C1. The molecule has 3 rings (SSSR count). The van der Waals surface area contributed by atoms with Crippen molar-refractivity contribution in [2.24, 2.45) is 0 Å². The molecule has 0 amide bonds. The van der Waals surface area contributed by atoms with Crippen LogP contribution in [0.3, 0.4) is 0 Å². The van der Waals surface area contributed by atoms with Gasteiger partial charge in [0.25, 0.3) is 0 Å². The van der Waals surface area contributed by atoms with E-state index in [0.717, 1.165) is 24.5 Å². The zero-order valence-electron chi connectivity index (χ0n) is 10.5. The predicted molar refractivity (Wildman–Crippen MR) is 71.0 cm³/mol. The third-order valence-corrected chi connectivity index (χ3v) is 3.47. The van der Waals surface area contributed by atoms with Gasteiger partial charge in [0.2, 0.25) is 0 Å². The molecule has 0 saturated carbocycles. The summed E-state index contributed by atoms with van der Waals surface area (Å²) in [6, 6.07) is 4.33. The maximum atomic E-state index is 5.73. The van der Waals surface area contributed by atoms with Crippen molar-refractivity contribution >= 4 is 5.82 Å². The van der Waals surface area contributed by atoms with Gasteiger partial charge in [-0.3, -0.25) is 0 Å². The second-order valence-corrected chi connectivity index (χ2v) is 4.83. The molecule has 0 aromatic carbocycles. The maximum Gasteiger partial charge on any atom is 0.140 e. The Morgan fingerprint density at radius 1 is 1.33 bits per heavy atom. The number of likely N-dealkylation sites (N-methyl/N-ethyl adjacent to an activating group) is 1. The Bertz CT molecular complexity index is 548. The molecule has 1 fully saturated rings. The minimum absolute atomic E-state index is 0.502. The number of hydrogen-bond donors (Lipinski definition) is 1. The molecule has 1 unspecified atom stereocenters. The monoisotopic (exact) mass is 243 g/mol. The maximum absolute atomic E-state index is 5.73. The van der Waals surface area contributed by atoms with Crippen LogP contribution in [-0.4, -0.2) is 39.6 Å². The number of anilines is 1. The number of nitrogens with two attached hydrogens (primary N) is 1. The van der Waals surface area contributed by atoms with E-state index in [4.69, 9.17) is 5.73 Å². The fourth-order valence-electron chi connectivity index (χ4n) is 2.56. The summed E-state index contributed by atoms with van der Waals surface area (Å²) in [7, 11) is 2.15. The Balaban J connectivity index is 1.96. The highest BCUT2D eigenvalue weighted by Gasteiger charge is 2.23. The molecule has 0 radical (unpaired) electrons. The fourth-order valence-corrected chi connectivity index (χ4v) is 2.56. The number of likely N-dealkylation sites (tertiary alicyclic amines) is 1. The summed E-state index contributed by atoms with van der Waals surface area (Å²) in [5.41, 5.74) is 6.76. The first-order chi connectivity index (χ1) is 8.74. The molecule has 3 heterocycles. The summed E-state index contributed by atoms with van der Waals surface area (Å²) in [5, 5.41) is 0. The normalized spacial score (nSPS) is 20.4. The quantitative estimate of drug-likeness (QED) is 0.866. The molecular weight excluding hydrogens is 226 g/mol. The third kappa shape index (κ3) is 1.97. The first kappa shape index (κ1) is 11.2. The molecule has 5 heteroatoms. The van der Waals surface area contributed by atoms with E-state index in [1.54, 1.807) is 6.20 Å². The van der Waals surface area contributed by atoms with Crippen molar-refractivity contribution in [2.75, 3.05) is 25.9 Å². The molecule has 0 aliphatic carbocycles. The van der Waals surface area contributed by atoms with Gasteiger partial charge in [-0.1, -0.05) is 0 Å². The Morgan fingerprint density at radius 3 is 2.94 bits per heavy atom. The average molecular weight is 243 g/mol. The number of nitrogens with zero attached hydrogens (tertiary/aromatic N) is 4. The summed E-state index contributed by atoms with van der Waals surface area (Å²) in [4.78, 5) is 10.8. The summed E-state index contributed by atoms with van der Waals surface area (Å²) in [5.74, 6) is 1.51. The molecular formula is C13H17N5. The van der Waals surface area contributed by atoms with Crippen LogP contribution in [-0.2, 0) is 0 Å². The van der Waals surface area contributed by atoms with Gasteiger partial charge in [-0.15, -0.1) is 0 Å². The summed E-state index contributed by atoms with van der Waals surface area (Å²) >= 11 is 0. The van der Waals surface area contributed by atoms with E-state index in [1.807, 2.05) is 18.3 Å². The molecule has 0 spiro atoms. The van der Waals surface area contributed by atoms with Crippen LogP contribution in [0.2, 0.25) is 0 Å². The number of rotatable bonds is 2. The molecule has 5 nitrogen and oxygen atoms in total. The zero-order valence-corrected chi connectivity index (χ0v) is 10.5. The van der Waals surface area contributed by atoms with Crippen LogP contribution in [0.25, 0.3) is 11.4 Å². The molecule has 1 aliphatic heterocycles. The fraction of sp³-hybridized carbons (Fsp3) is 0.385. The van der Waals surface area contributed by atoms with Gasteiger partial charge in [0, 0.05) is 36.7 Å². The van der Waals surface area contributed by atoms with Crippen LogP contribution in [0.15, 0.2) is 30.7 Å². The summed E-state index contributed by atoms with van der Waals surface area (Å²) in [6.45, 7) is 2.21. The van der Waals surface area contributed by atoms with Gasteiger partial charge in [-0.2, -0.15) is 0 Å². The van der Waals surface area contributed by atoms with E-state index in [0.29, 0.717) is 11.9 Å². The van der Waals surface area contributed by atoms with Crippen LogP contribution in [0.5, 0.6) is 0 Å². The second kappa shape index (κ2) is 4.42. The lowest BCUT2D eigenvalue weighted by atomic mass is 10.2. The number of hydrogen-bond acceptors (Lipinski definition) is 4. The lowest BCUT2D eigenvalue weighted by molar-refractivity contribution is 0.393. The van der Waals surface area contributed by atoms with Gasteiger partial charge in [0.1, 0.15) is 11.6 Å². The van der Waals surface area contributed by atoms with Gasteiger partial charge >= 0.3 is 0 Å². The smallest absolute Gasteiger partial charge is 0.140 e. The highest BCUT2D eigenvalue weighted by atomic mass is 15.2. The van der Waals surface area contributed by atoms with Crippen LogP contribution in [0.4, 0.5) is 5.82 Å². The van der Waals surface area contributed by atoms with Crippen LogP contribution >= 0.6 is 0 Å². The first-order valence-corrected chi connectivity index (χ1v) is 6.17. The predicted octanol–water partition coefficient (Wildman–Crippen LogP) is 1.40. The molecule has 94 valence electrons. The van der Waals surface area contributed by atoms with E-state index in [1.165, 1.54) is 6.42 Å². The van der Waals surface area contributed by atoms with Crippen LogP contribution in [0, 0.1) is 0 Å². The molecule has 0 bridgehead atoms. The van der Waals surface area contributed by atoms with Crippen molar-refractivity contribution in [3.63, 3.8) is 0 Å². The standard InChI is InChI=1S/C13H17N5/c1-17-6-3-11(9-17)18-7-5-16-13(18)10-2-4-15-12(14)8-10/h2,4-5,7-8,11H,3,6,9H2,1H3,(H2,14,15). The van der Waals surface area contributed by atoms with Crippen molar-refractivity contribution in [2.45, 2.75) is 12.5 Å². The molecule has 18 heavy (non-hydrogen) atoms. The highest BCUT2D eigenvalue weighted by molar-refractivity contribution is 5.59. The van der Waals surface area contributed by atoms with E-state index in [-0.39, 0.29) is 0 Å². The Hall–Kier alpha value is -1.88. The van der Waals surface area contributed by atoms with Gasteiger partial charge in [-0.25, -0.2) is 9.97 Å². The average Bonchev–Trinajstić information content (AvgIpc) is 2.96. The molecule has 2 aromatic heterocycles. The largest absolute Gasteiger partial charge is 0.384 e. The van der Waals surface area contributed by atoms with Crippen LogP contribution < -0.4 is 5.73 Å². The first-order valence-electron chi connectivity index (χ1n) is 6.17. The lowest BCUT2D eigenvalue weighted by Crippen LogP contribution is -2.16. The van der Waals surface area contributed by atoms with Crippen molar-refractivity contribution in [1.82, 2.24) is 19.4 Å². The summed E-state index contributed by atoms with van der Waals surface area (Å²) < 4.78 is 2.25. The van der Waals surface area contributed by atoms with Crippen LogP contribution in [0.1, 0.15) is 12.5 Å². The van der Waals surface area contributed by atoms with Gasteiger partial charge in [0.15, 0.2) is 0 Å². The van der Waals surface area contributed by atoms with Crippen molar-refractivity contribution in [3.8, 4) is 11.4 Å². The molecule has 2 N–H and O–H groups in total. The minimum atomic E-state index is 0.502. The van der Waals surface area contributed by atoms with Crippen molar-refractivity contribution < 1.29 is 0 Å². The van der Waals surface area contributed by atoms with Gasteiger partial charge in [0.05, 0.1) is 0 Å². The molecule has 1 aliphatic rings. The van der Waals surface area contributed by atoms with E-state index < -0.39 is 0 Å². The molecule has 1 saturated heterocycles. The number of aromatic nitrogens is 3. The van der Waals surface area contributed by atoms with Gasteiger partial charge in [-0.05, 0) is 32.1 Å². The van der Waals surface area contributed by atoms with Crippen molar-refractivity contribution in [3.05, 3.63) is 30.7 Å². The Labute approximate surface area is 106 Å². The lowest BCUT2D eigenvalue weighted by Gasteiger charge is -2.15. The number of nitrogen functional groups attached to an aromatic ring is 1. The third-order valence-electron chi connectivity index (χ3n) is 3.47. The van der Waals surface area contributed by atoms with E-state index in [2.05, 4.69) is 32.7 Å². The second-order valence-electron chi connectivity index (χ2n) is 4.83. The van der Waals surface area contributed by atoms with E-state index in [9.17, 15) is 0 Å². The zero-order chi connectivity index (χ0) is 12.5. The Morgan fingerprint density at radius 2 is 2.22 bits per heavy atom.